The monoisotopic (exact) mass is 435 g/mol. The summed E-state index contributed by atoms with van der Waals surface area (Å²) >= 11 is 12.8. The summed E-state index contributed by atoms with van der Waals surface area (Å²) in [7, 11) is 0. The van der Waals surface area contributed by atoms with Crippen LogP contribution in [0.1, 0.15) is 15.9 Å². The zero-order chi connectivity index (χ0) is 19.8. The van der Waals surface area contributed by atoms with Gasteiger partial charge in [-0.05, 0) is 53.7 Å². The van der Waals surface area contributed by atoms with E-state index in [1.807, 2.05) is 0 Å². The van der Waals surface area contributed by atoms with Crippen LogP contribution in [0.15, 0.2) is 41.3 Å². The van der Waals surface area contributed by atoms with Gasteiger partial charge in [0.1, 0.15) is 0 Å². The van der Waals surface area contributed by atoms with Crippen molar-refractivity contribution < 1.29 is 23.9 Å². The van der Waals surface area contributed by atoms with Crippen LogP contribution in [0.25, 0.3) is 6.08 Å². The highest BCUT2D eigenvalue weighted by molar-refractivity contribution is 8.18. The number of hydrogen-bond acceptors (Lipinski definition) is 6. The number of halogens is 2. The lowest BCUT2D eigenvalue weighted by Crippen LogP contribution is -2.33. The zero-order valence-corrected chi connectivity index (χ0v) is 16.4. The Morgan fingerprint density at radius 1 is 1.11 bits per heavy atom. The Kier molecular flexibility index (Phi) is 5.05. The van der Waals surface area contributed by atoms with Crippen molar-refractivity contribution in [1.29, 1.82) is 0 Å². The molecule has 0 N–H and O–H groups in total. The van der Waals surface area contributed by atoms with Gasteiger partial charge in [-0.25, -0.2) is 0 Å². The lowest BCUT2D eigenvalue weighted by atomic mass is 10.1. The Balaban J connectivity index is 1.55. The zero-order valence-electron chi connectivity index (χ0n) is 14.1. The first-order valence-electron chi connectivity index (χ1n) is 8.05. The van der Waals surface area contributed by atoms with Gasteiger partial charge in [-0.15, -0.1) is 0 Å². The Hall–Kier alpha value is -2.48. The van der Waals surface area contributed by atoms with Gasteiger partial charge in [0, 0.05) is 16.7 Å². The fourth-order valence-electron chi connectivity index (χ4n) is 2.69. The van der Waals surface area contributed by atoms with Crippen molar-refractivity contribution >= 4 is 58.0 Å². The quantitative estimate of drug-likeness (QED) is 0.514. The minimum atomic E-state index is -0.550. The third-order valence-electron chi connectivity index (χ3n) is 4.12. The molecule has 2 aromatic rings. The summed E-state index contributed by atoms with van der Waals surface area (Å²) in [6, 6.07) is 9.47. The van der Waals surface area contributed by atoms with Gasteiger partial charge in [-0.1, -0.05) is 23.2 Å². The van der Waals surface area contributed by atoms with Crippen molar-refractivity contribution in [3.8, 4) is 11.5 Å². The minimum Gasteiger partial charge on any atom is -0.454 e. The van der Waals surface area contributed by atoms with E-state index in [1.165, 1.54) is 6.08 Å². The number of imide groups is 1. The molecule has 6 nitrogen and oxygen atoms in total. The van der Waals surface area contributed by atoms with E-state index < -0.39 is 11.1 Å². The summed E-state index contributed by atoms with van der Waals surface area (Å²) in [6.07, 6.45) is 1.50. The maximum Gasteiger partial charge on any atom is 0.293 e. The minimum absolute atomic E-state index is 0.0957. The Labute approximate surface area is 174 Å². The van der Waals surface area contributed by atoms with Crippen molar-refractivity contribution in [3.05, 3.63) is 62.5 Å². The Morgan fingerprint density at radius 2 is 1.79 bits per heavy atom. The second-order valence-corrected chi connectivity index (χ2v) is 7.76. The smallest absolute Gasteiger partial charge is 0.293 e. The van der Waals surface area contributed by atoms with Crippen molar-refractivity contribution in [2.75, 3.05) is 13.3 Å². The second kappa shape index (κ2) is 7.50. The molecule has 2 heterocycles. The highest BCUT2D eigenvalue weighted by Gasteiger charge is 2.36. The highest BCUT2D eigenvalue weighted by atomic mass is 35.5. The van der Waals surface area contributed by atoms with Crippen LogP contribution < -0.4 is 9.47 Å². The summed E-state index contributed by atoms with van der Waals surface area (Å²) in [5.41, 5.74) is 0.881. The number of amides is 2. The van der Waals surface area contributed by atoms with E-state index in [0.717, 1.165) is 16.7 Å². The molecule has 28 heavy (non-hydrogen) atoms. The number of Topliss-reactive ketones (excluding diaryl/α,β-unsaturated/α-hetero) is 1. The number of thioether (sulfide) groups is 1. The van der Waals surface area contributed by atoms with Gasteiger partial charge < -0.3 is 9.47 Å². The lowest BCUT2D eigenvalue weighted by molar-refractivity contribution is -0.122. The molecular formula is C19H11Cl2NO5S. The first-order valence-corrected chi connectivity index (χ1v) is 9.63. The summed E-state index contributed by atoms with van der Waals surface area (Å²) < 4.78 is 10.5. The van der Waals surface area contributed by atoms with Gasteiger partial charge in [0.25, 0.3) is 11.1 Å². The topological polar surface area (TPSA) is 72.9 Å². The van der Waals surface area contributed by atoms with Gasteiger partial charge in [0.15, 0.2) is 17.3 Å². The van der Waals surface area contributed by atoms with Crippen LogP contribution in [0, 0.1) is 0 Å². The molecule has 1 saturated heterocycles. The summed E-state index contributed by atoms with van der Waals surface area (Å²) in [4.78, 5) is 38.4. The predicted octanol–water partition coefficient (Wildman–Crippen LogP) is 4.64. The molecule has 0 saturated carbocycles. The van der Waals surface area contributed by atoms with E-state index in [2.05, 4.69) is 0 Å². The number of rotatable bonds is 4. The molecule has 2 aromatic carbocycles. The summed E-state index contributed by atoms with van der Waals surface area (Å²) in [5, 5.41) is 0.329. The number of ether oxygens (including phenoxy) is 2. The Morgan fingerprint density at radius 3 is 2.50 bits per heavy atom. The summed E-state index contributed by atoms with van der Waals surface area (Å²) in [5.74, 6) is 0.115. The molecule has 2 aliphatic rings. The molecular weight excluding hydrogens is 425 g/mol. The number of carbonyl (C=O) groups excluding carboxylic acids is 3. The van der Waals surface area contributed by atoms with Crippen LogP contribution in [0.2, 0.25) is 10.0 Å². The maximum absolute atomic E-state index is 12.6. The fourth-order valence-corrected chi connectivity index (χ4v) is 3.86. The van der Waals surface area contributed by atoms with Gasteiger partial charge in [-0.2, -0.15) is 0 Å². The average Bonchev–Trinajstić information content (AvgIpc) is 3.22. The molecule has 0 spiro atoms. The maximum atomic E-state index is 12.6. The number of carbonyl (C=O) groups is 3. The first kappa shape index (κ1) is 18.9. The molecule has 0 atom stereocenters. The number of hydrogen-bond donors (Lipinski definition) is 0. The van der Waals surface area contributed by atoms with E-state index in [0.29, 0.717) is 32.7 Å². The van der Waals surface area contributed by atoms with Crippen LogP contribution in [0.4, 0.5) is 4.79 Å². The van der Waals surface area contributed by atoms with Gasteiger partial charge in [-0.3, -0.25) is 19.3 Å². The standard InChI is InChI=1S/C19H11Cl2NO5S/c20-12-3-1-10(2-4-12)14(23)8-22-18(24)17(28-19(22)25)6-11-5-15-16(7-13(11)21)27-9-26-15/h1-7H,8-9H2/b17-6+. The van der Waals surface area contributed by atoms with Crippen LogP contribution in [-0.4, -0.2) is 35.2 Å². The molecule has 142 valence electrons. The van der Waals surface area contributed by atoms with Gasteiger partial charge >= 0.3 is 0 Å². The van der Waals surface area contributed by atoms with Crippen molar-refractivity contribution in [3.63, 3.8) is 0 Å². The van der Waals surface area contributed by atoms with Gasteiger partial charge in [0.05, 0.1) is 16.5 Å². The molecule has 0 radical (unpaired) electrons. The number of ketones is 1. The normalized spacial score (nSPS) is 16.9. The SMILES string of the molecule is O=C(CN1C(=O)S/C(=C/c2cc3c(cc2Cl)OCO3)C1=O)c1ccc(Cl)cc1. The predicted molar refractivity (Wildman–Crippen MR) is 106 cm³/mol. The third-order valence-corrected chi connectivity index (χ3v) is 5.61. The van der Waals surface area contributed by atoms with Crippen molar-refractivity contribution in [1.82, 2.24) is 4.90 Å². The van der Waals surface area contributed by atoms with E-state index in [-0.39, 0.29) is 24.0 Å². The van der Waals surface area contributed by atoms with Crippen LogP contribution >= 0.6 is 35.0 Å². The van der Waals surface area contributed by atoms with E-state index >= 15 is 0 Å². The molecule has 1 fully saturated rings. The lowest BCUT2D eigenvalue weighted by Gasteiger charge is -2.11. The Bertz CT molecular complexity index is 1040. The third kappa shape index (κ3) is 3.61. The van der Waals surface area contributed by atoms with Crippen LogP contribution in [-0.2, 0) is 4.79 Å². The number of benzene rings is 2. The molecule has 9 heteroatoms. The molecule has 0 aromatic heterocycles. The molecule has 0 bridgehead atoms. The molecule has 4 rings (SSSR count). The van der Waals surface area contributed by atoms with Crippen LogP contribution in [0.3, 0.4) is 0 Å². The number of fused-ring (bicyclic) bond motifs is 1. The van der Waals surface area contributed by atoms with Crippen LogP contribution in [0.5, 0.6) is 11.5 Å². The highest BCUT2D eigenvalue weighted by Crippen LogP contribution is 2.39. The largest absolute Gasteiger partial charge is 0.454 e. The van der Waals surface area contributed by atoms with Crippen molar-refractivity contribution in [2.24, 2.45) is 0 Å². The molecule has 0 aliphatic carbocycles. The first-order chi connectivity index (χ1) is 13.4. The number of nitrogens with zero attached hydrogens (tertiary/aromatic N) is 1. The summed E-state index contributed by atoms with van der Waals surface area (Å²) in [6.45, 7) is -0.253. The average molecular weight is 436 g/mol. The fraction of sp³-hybridized carbons (Fsp3) is 0.105. The van der Waals surface area contributed by atoms with E-state index in [9.17, 15) is 14.4 Å². The van der Waals surface area contributed by atoms with E-state index in [1.54, 1.807) is 36.4 Å². The second-order valence-electron chi connectivity index (χ2n) is 5.92. The van der Waals surface area contributed by atoms with Gasteiger partial charge in [0.2, 0.25) is 6.79 Å². The molecule has 0 unspecified atom stereocenters. The van der Waals surface area contributed by atoms with Crippen molar-refractivity contribution in [2.45, 2.75) is 0 Å². The molecule has 2 amide bonds. The molecule has 2 aliphatic heterocycles. The van der Waals surface area contributed by atoms with E-state index in [4.69, 9.17) is 32.7 Å².